The lowest BCUT2D eigenvalue weighted by Crippen LogP contribution is -2.38. The zero-order valence-electron chi connectivity index (χ0n) is 9.39. The van der Waals surface area contributed by atoms with Gasteiger partial charge in [0.2, 0.25) is 5.91 Å². The average molecular weight is 223 g/mol. The molecule has 1 aliphatic rings. The molecule has 1 fully saturated rings. The molecule has 1 aliphatic carbocycles. The molecule has 1 aromatic heterocycles. The molecule has 3 N–H and O–H groups in total. The zero-order valence-corrected chi connectivity index (χ0v) is 9.39. The SMILES string of the molecule is Cn1cnc(CNC(=O)C2CCCC2N)n1. The molecule has 0 radical (unpaired) electrons. The second-order valence-electron chi connectivity index (χ2n) is 4.25. The predicted octanol–water partition coefficient (Wildman–Crippen LogP) is -0.441. The van der Waals surface area contributed by atoms with Gasteiger partial charge in [-0.25, -0.2) is 4.98 Å². The molecule has 1 amide bonds. The van der Waals surface area contributed by atoms with E-state index in [1.54, 1.807) is 18.1 Å². The predicted molar refractivity (Wildman–Crippen MR) is 58.2 cm³/mol. The van der Waals surface area contributed by atoms with Gasteiger partial charge in [0.05, 0.1) is 12.5 Å². The van der Waals surface area contributed by atoms with E-state index < -0.39 is 0 Å². The quantitative estimate of drug-likeness (QED) is 0.727. The van der Waals surface area contributed by atoms with Crippen LogP contribution >= 0.6 is 0 Å². The first-order valence-corrected chi connectivity index (χ1v) is 5.54. The number of nitrogens with one attached hydrogen (secondary N) is 1. The van der Waals surface area contributed by atoms with E-state index in [1.165, 1.54) is 0 Å². The highest BCUT2D eigenvalue weighted by molar-refractivity contribution is 5.79. The molecule has 6 heteroatoms. The molecule has 6 nitrogen and oxygen atoms in total. The van der Waals surface area contributed by atoms with E-state index in [4.69, 9.17) is 5.73 Å². The maximum Gasteiger partial charge on any atom is 0.225 e. The minimum absolute atomic E-state index is 0.0108. The van der Waals surface area contributed by atoms with Crippen molar-refractivity contribution in [3.63, 3.8) is 0 Å². The number of aromatic nitrogens is 3. The Labute approximate surface area is 94.2 Å². The second kappa shape index (κ2) is 4.61. The lowest BCUT2D eigenvalue weighted by atomic mass is 10.0. The van der Waals surface area contributed by atoms with Gasteiger partial charge in [-0.1, -0.05) is 6.42 Å². The molecule has 0 aliphatic heterocycles. The van der Waals surface area contributed by atoms with E-state index in [2.05, 4.69) is 15.4 Å². The Morgan fingerprint density at radius 3 is 3.06 bits per heavy atom. The van der Waals surface area contributed by atoms with Crippen LogP contribution in [0, 0.1) is 5.92 Å². The van der Waals surface area contributed by atoms with Crippen molar-refractivity contribution in [3.05, 3.63) is 12.2 Å². The molecule has 0 saturated heterocycles. The zero-order chi connectivity index (χ0) is 11.5. The van der Waals surface area contributed by atoms with E-state index in [1.807, 2.05) is 0 Å². The highest BCUT2D eigenvalue weighted by Crippen LogP contribution is 2.23. The molecule has 1 aromatic rings. The number of nitrogens with zero attached hydrogens (tertiary/aromatic N) is 3. The number of carbonyl (C=O) groups excluding carboxylic acids is 1. The fourth-order valence-corrected chi connectivity index (χ4v) is 2.08. The smallest absolute Gasteiger partial charge is 0.225 e. The monoisotopic (exact) mass is 223 g/mol. The number of rotatable bonds is 3. The van der Waals surface area contributed by atoms with Gasteiger partial charge in [0.25, 0.3) is 0 Å². The molecule has 2 rings (SSSR count). The van der Waals surface area contributed by atoms with Crippen LogP contribution in [-0.4, -0.2) is 26.7 Å². The van der Waals surface area contributed by atoms with E-state index in [0.717, 1.165) is 19.3 Å². The van der Waals surface area contributed by atoms with Crippen molar-refractivity contribution >= 4 is 5.91 Å². The van der Waals surface area contributed by atoms with Crippen LogP contribution in [0.25, 0.3) is 0 Å². The molecule has 1 heterocycles. The summed E-state index contributed by atoms with van der Waals surface area (Å²) in [6.45, 7) is 0.378. The minimum Gasteiger partial charge on any atom is -0.348 e. The van der Waals surface area contributed by atoms with Gasteiger partial charge >= 0.3 is 0 Å². The van der Waals surface area contributed by atoms with Crippen LogP contribution in [0.15, 0.2) is 6.33 Å². The third-order valence-corrected chi connectivity index (χ3v) is 2.97. The summed E-state index contributed by atoms with van der Waals surface area (Å²) in [5.74, 6) is 0.614. The van der Waals surface area contributed by atoms with Crippen LogP contribution in [0.2, 0.25) is 0 Å². The second-order valence-corrected chi connectivity index (χ2v) is 4.25. The summed E-state index contributed by atoms with van der Waals surface area (Å²) in [6, 6.07) is 0.0108. The van der Waals surface area contributed by atoms with Gasteiger partial charge in [-0.15, -0.1) is 0 Å². The Balaban J connectivity index is 1.83. The molecule has 2 unspecified atom stereocenters. The number of carbonyl (C=O) groups is 1. The van der Waals surface area contributed by atoms with E-state index in [-0.39, 0.29) is 17.9 Å². The number of nitrogens with two attached hydrogens (primary N) is 1. The van der Waals surface area contributed by atoms with Gasteiger partial charge in [-0.2, -0.15) is 5.10 Å². The van der Waals surface area contributed by atoms with Gasteiger partial charge < -0.3 is 11.1 Å². The first kappa shape index (κ1) is 11.1. The van der Waals surface area contributed by atoms with Crippen molar-refractivity contribution in [2.45, 2.75) is 31.8 Å². The highest BCUT2D eigenvalue weighted by atomic mass is 16.1. The summed E-state index contributed by atoms with van der Waals surface area (Å²) >= 11 is 0. The maximum absolute atomic E-state index is 11.8. The summed E-state index contributed by atoms with van der Waals surface area (Å²) in [5.41, 5.74) is 5.86. The number of aryl methyl sites for hydroxylation is 1. The number of hydrogen-bond donors (Lipinski definition) is 2. The Morgan fingerprint density at radius 2 is 2.50 bits per heavy atom. The van der Waals surface area contributed by atoms with E-state index in [0.29, 0.717) is 12.4 Å². The topological polar surface area (TPSA) is 85.8 Å². The summed E-state index contributed by atoms with van der Waals surface area (Å²) in [6.07, 6.45) is 4.49. The third-order valence-electron chi connectivity index (χ3n) is 2.97. The van der Waals surface area contributed by atoms with Crippen molar-refractivity contribution in [2.75, 3.05) is 0 Å². The van der Waals surface area contributed by atoms with E-state index in [9.17, 15) is 4.79 Å². The molecule has 0 bridgehead atoms. The van der Waals surface area contributed by atoms with Crippen LogP contribution in [0.1, 0.15) is 25.1 Å². The van der Waals surface area contributed by atoms with Crippen LogP contribution in [-0.2, 0) is 18.4 Å². The summed E-state index contributed by atoms with van der Waals surface area (Å²) < 4.78 is 1.61. The Kier molecular flexibility index (Phi) is 3.19. The number of hydrogen-bond acceptors (Lipinski definition) is 4. The lowest BCUT2D eigenvalue weighted by molar-refractivity contribution is -0.125. The maximum atomic E-state index is 11.8. The number of amides is 1. The summed E-state index contributed by atoms with van der Waals surface area (Å²) in [7, 11) is 1.80. The van der Waals surface area contributed by atoms with Crippen molar-refractivity contribution in [2.24, 2.45) is 18.7 Å². The summed E-state index contributed by atoms with van der Waals surface area (Å²) in [4.78, 5) is 15.8. The van der Waals surface area contributed by atoms with Gasteiger partial charge in [0, 0.05) is 13.1 Å². The van der Waals surface area contributed by atoms with Crippen LogP contribution in [0.5, 0.6) is 0 Å². The molecule has 16 heavy (non-hydrogen) atoms. The molecular formula is C10H17N5O. The van der Waals surface area contributed by atoms with E-state index >= 15 is 0 Å². The first-order chi connectivity index (χ1) is 7.66. The molecule has 0 spiro atoms. The van der Waals surface area contributed by atoms with Gasteiger partial charge in [-0.05, 0) is 12.8 Å². The molecule has 0 aromatic carbocycles. The highest BCUT2D eigenvalue weighted by Gasteiger charge is 2.29. The minimum atomic E-state index is -0.0382. The third kappa shape index (κ3) is 2.38. The van der Waals surface area contributed by atoms with Gasteiger partial charge in [0.1, 0.15) is 6.33 Å². The average Bonchev–Trinajstić information content (AvgIpc) is 2.84. The Hall–Kier alpha value is -1.43. The van der Waals surface area contributed by atoms with Gasteiger partial charge in [-0.3, -0.25) is 9.48 Å². The lowest BCUT2D eigenvalue weighted by Gasteiger charge is -2.14. The molecule has 2 atom stereocenters. The van der Waals surface area contributed by atoms with Crippen LogP contribution in [0.4, 0.5) is 0 Å². The largest absolute Gasteiger partial charge is 0.348 e. The normalized spacial score (nSPS) is 24.6. The molecular weight excluding hydrogens is 206 g/mol. The molecule has 1 saturated carbocycles. The fraction of sp³-hybridized carbons (Fsp3) is 0.700. The van der Waals surface area contributed by atoms with Crippen molar-refractivity contribution in [1.82, 2.24) is 20.1 Å². The fourth-order valence-electron chi connectivity index (χ4n) is 2.08. The van der Waals surface area contributed by atoms with Crippen LogP contribution in [0.3, 0.4) is 0 Å². The van der Waals surface area contributed by atoms with Gasteiger partial charge in [0.15, 0.2) is 5.82 Å². The molecule has 88 valence electrons. The Bertz CT molecular complexity index is 375. The Morgan fingerprint density at radius 1 is 1.69 bits per heavy atom. The van der Waals surface area contributed by atoms with Crippen molar-refractivity contribution < 1.29 is 4.79 Å². The van der Waals surface area contributed by atoms with Crippen LogP contribution < -0.4 is 11.1 Å². The van der Waals surface area contributed by atoms with Crippen molar-refractivity contribution in [3.8, 4) is 0 Å². The summed E-state index contributed by atoms with van der Waals surface area (Å²) in [5, 5.41) is 6.92. The first-order valence-electron chi connectivity index (χ1n) is 5.54. The standard InChI is InChI=1S/C10H17N5O/c1-15-6-13-9(14-15)5-12-10(16)7-3-2-4-8(7)11/h6-8H,2-5,11H2,1H3,(H,12,16). The van der Waals surface area contributed by atoms with Crippen molar-refractivity contribution in [1.29, 1.82) is 0 Å².